The number of nitrogens with one attached hydrogen (secondary N) is 8. The van der Waals surface area contributed by atoms with Crippen molar-refractivity contribution in [2.75, 3.05) is 32.7 Å². The highest BCUT2D eigenvalue weighted by atomic mass is 16.5. The summed E-state index contributed by atoms with van der Waals surface area (Å²) in [5.41, 5.74) is 28.2. The minimum Gasteiger partial charge on any atom is -0.389 e. The van der Waals surface area contributed by atoms with Gasteiger partial charge in [-0.15, -0.1) is 0 Å². The first-order valence-electron chi connectivity index (χ1n) is 22.7. The number of nitrogens with zero attached hydrogens (tertiary/aromatic N) is 4. The molecule has 1 saturated heterocycles. The molecule has 0 bridgehead atoms. The Hall–Kier alpha value is -7.18. The van der Waals surface area contributed by atoms with Gasteiger partial charge >= 0.3 is 0 Å². The SMILES string of the molecule is C/C=C1\NC(=O)C(NC(=O)CCc2nc(-c3ccncc3)no2)C(O)CNC(=O)C(C(O)CN)NC(=O)C(C(O)CN)NC(=O)[C@H](CCCN=C(N)N)NC(=O)[C@H](CC(C)C)NC(=O)[C@H](CCN)NC1=O. The molecule has 3 heterocycles. The smallest absolute Gasteiger partial charge is 0.268 e. The van der Waals surface area contributed by atoms with Gasteiger partial charge in [-0.05, 0) is 57.2 Å². The van der Waals surface area contributed by atoms with Crippen LogP contribution >= 0.6 is 0 Å². The number of aryl methyl sites for hydroxylation is 1. The Morgan fingerprint density at radius 1 is 0.845 bits per heavy atom. The molecule has 0 aliphatic carbocycles. The molecule has 21 N–H and O–H groups in total. The van der Waals surface area contributed by atoms with Crippen molar-refractivity contribution in [3.63, 3.8) is 0 Å². The van der Waals surface area contributed by atoms with E-state index in [1.54, 1.807) is 26.0 Å². The molecular formula is C42H67N17O12. The van der Waals surface area contributed by atoms with Crippen LogP contribution < -0.4 is 71.2 Å². The third-order valence-corrected chi connectivity index (χ3v) is 10.6. The number of guanidine groups is 1. The summed E-state index contributed by atoms with van der Waals surface area (Å²) >= 11 is 0. The Bertz CT molecular complexity index is 2190. The molecule has 0 spiro atoms. The molecule has 6 unspecified atom stereocenters. The van der Waals surface area contributed by atoms with E-state index < -0.39 is 127 Å². The highest BCUT2D eigenvalue weighted by Gasteiger charge is 2.38. The lowest BCUT2D eigenvalue weighted by Gasteiger charge is -2.30. The zero-order valence-corrected chi connectivity index (χ0v) is 39.6. The van der Waals surface area contributed by atoms with Crippen molar-refractivity contribution in [1.82, 2.24) is 57.7 Å². The number of aliphatic hydroxyl groups is 3. The van der Waals surface area contributed by atoms with Crippen LogP contribution in [0.2, 0.25) is 0 Å². The number of pyridine rings is 1. The van der Waals surface area contributed by atoms with Gasteiger partial charge in [-0.3, -0.25) is 48.3 Å². The second-order valence-corrected chi connectivity index (χ2v) is 16.7. The number of rotatable bonds is 17. The van der Waals surface area contributed by atoms with Crippen molar-refractivity contribution >= 4 is 53.2 Å². The quantitative estimate of drug-likeness (QED) is 0.0303. The number of aliphatic imine (C=N–C) groups is 1. The molecule has 29 nitrogen and oxygen atoms in total. The lowest BCUT2D eigenvalue weighted by atomic mass is 10.0. The Labute approximate surface area is 408 Å². The minimum atomic E-state index is -2.01. The largest absolute Gasteiger partial charge is 0.389 e. The highest BCUT2D eigenvalue weighted by Crippen LogP contribution is 2.15. The first-order chi connectivity index (χ1) is 33.7. The van der Waals surface area contributed by atoms with Gasteiger partial charge in [-0.1, -0.05) is 25.1 Å². The Morgan fingerprint density at radius 3 is 2.04 bits per heavy atom. The van der Waals surface area contributed by atoms with Gasteiger partial charge in [0, 0.05) is 57.0 Å². The molecule has 1 aliphatic heterocycles. The fourth-order valence-electron chi connectivity index (χ4n) is 6.81. The second-order valence-electron chi connectivity index (χ2n) is 16.7. The molecule has 2 aromatic heterocycles. The average Bonchev–Trinajstić information content (AvgIpc) is 3.83. The van der Waals surface area contributed by atoms with Crippen LogP contribution in [0.3, 0.4) is 0 Å². The van der Waals surface area contributed by atoms with E-state index in [4.69, 9.17) is 33.2 Å². The van der Waals surface area contributed by atoms with Crippen molar-refractivity contribution in [2.45, 2.75) is 114 Å². The highest BCUT2D eigenvalue weighted by molar-refractivity contribution is 6.02. The topological polar surface area (TPSA) is 488 Å². The van der Waals surface area contributed by atoms with Crippen molar-refractivity contribution in [2.24, 2.45) is 39.6 Å². The Morgan fingerprint density at radius 2 is 1.44 bits per heavy atom. The summed E-state index contributed by atoms with van der Waals surface area (Å²) in [6, 6.07) is -6.83. The predicted molar refractivity (Wildman–Crippen MR) is 252 cm³/mol. The molecule has 392 valence electrons. The van der Waals surface area contributed by atoms with E-state index in [9.17, 15) is 53.7 Å². The number of nitrogens with two attached hydrogens (primary N) is 5. The lowest BCUT2D eigenvalue weighted by Crippen LogP contribution is -2.64. The van der Waals surface area contributed by atoms with Gasteiger partial charge in [0.1, 0.15) is 48.1 Å². The zero-order chi connectivity index (χ0) is 52.8. The van der Waals surface area contributed by atoms with Crippen LogP contribution in [0.15, 0.2) is 45.8 Å². The maximum atomic E-state index is 14.0. The van der Waals surface area contributed by atoms with E-state index >= 15 is 0 Å². The van der Waals surface area contributed by atoms with Gasteiger partial charge in [0.05, 0.1) is 12.2 Å². The fraction of sp³-hybridized carbons (Fsp3) is 0.571. The minimum absolute atomic E-state index is 0.000204. The van der Waals surface area contributed by atoms with Crippen LogP contribution in [0, 0.1) is 5.92 Å². The normalized spacial score (nSPS) is 24.0. The van der Waals surface area contributed by atoms with Crippen LogP contribution in [-0.4, -0.2) is 171 Å². The molecule has 9 atom stereocenters. The van der Waals surface area contributed by atoms with Crippen LogP contribution in [0.4, 0.5) is 0 Å². The number of carbonyl (C=O) groups excluding carboxylic acids is 8. The fourth-order valence-corrected chi connectivity index (χ4v) is 6.81. The van der Waals surface area contributed by atoms with Crippen LogP contribution in [0.25, 0.3) is 11.4 Å². The Kier molecular flexibility index (Phi) is 23.8. The number of aliphatic hydroxyl groups excluding tert-OH is 3. The summed E-state index contributed by atoms with van der Waals surface area (Å²) in [6.07, 6.45) is -2.28. The molecule has 0 radical (unpaired) electrons. The van der Waals surface area contributed by atoms with Crippen molar-refractivity contribution in [3.05, 3.63) is 42.2 Å². The number of amides is 8. The van der Waals surface area contributed by atoms with Crippen LogP contribution in [-0.2, 0) is 44.8 Å². The third-order valence-electron chi connectivity index (χ3n) is 10.6. The maximum Gasteiger partial charge on any atom is 0.268 e. The monoisotopic (exact) mass is 1000 g/mol. The van der Waals surface area contributed by atoms with E-state index in [1.165, 1.54) is 19.3 Å². The molecule has 1 aliphatic rings. The number of aromatic nitrogens is 3. The van der Waals surface area contributed by atoms with Crippen molar-refractivity contribution < 1.29 is 58.2 Å². The average molecular weight is 1000 g/mol. The predicted octanol–water partition coefficient (Wildman–Crippen LogP) is -7.43. The maximum absolute atomic E-state index is 14.0. The van der Waals surface area contributed by atoms with Gasteiger partial charge in [-0.25, -0.2) is 0 Å². The number of allylic oxidation sites excluding steroid dienone is 1. The molecule has 3 rings (SSSR count). The number of hydrogen-bond donors (Lipinski definition) is 16. The van der Waals surface area contributed by atoms with E-state index in [1.807, 2.05) is 0 Å². The van der Waals surface area contributed by atoms with Crippen LogP contribution in [0.5, 0.6) is 0 Å². The molecule has 2 aromatic rings. The summed E-state index contributed by atoms with van der Waals surface area (Å²) in [6.45, 7) is 2.56. The van der Waals surface area contributed by atoms with Gasteiger partial charge in [0.2, 0.25) is 53.1 Å². The van der Waals surface area contributed by atoms with E-state index in [2.05, 4.69) is 62.7 Å². The number of hydrogen-bond acceptors (Lipinski definition) is 19. The van der Waals surface area contributed by atoms with Crippen molar-refractivity contribution in [1.29, 1.82) is 0 Å². The van der Waals surface area contributed by atoms with Gasteiger partial charge < -0.3 is 91.0 Å². The molecule has 0 saturated carbocycles. The summed E-state index contributed by atoms with van der Waals surface area (Å²) in [4.78, 5) is 123. The van der Waals surface area contributed by atoms with E-state index in [-0.39, 0.29) is 75.2 Å². The van der Waals surface area contributed by atoms with Crippen LogP contribution in [0.1, 0.15) is 58.8 Å². The van der Waals surface area contributed by atoms with Gasteiger partial charge in [0.25, 0.3) is 5.91 Å². The standard InChI is InChI=1S/C42H67N17O12/c1-4-22-35(64)53-24(9-12-43)36(65)54-25(16-20(2)3)38(67)52-23(6-5-13-49-42(46)47)37(66)57-32(27(61)18-45)41(70)58-31(26(60)17-44)39(68)50-19-28(62)33(40(69)51-22)55-29(63)7-8-30-56-34(59-71-30)21-10-14-48-15-11-21/h4,10-11,14-15,20,23-28,31-33,60-62H,5-9,12-13,16-19,43-45H2,1-3H3,(H,50,68)(H,51,69)(H,52,67)(H,53,64)(H,54,65)(H,55,63)(H,57,66)(H,58,70)(H4,46,47,49)/b22-4-/t23-,24-,25-,26?,27?,28?,31?,32?,33?/m0/s1. The molecule has 1 fully saturated rings. The first kappa shape index (κ1) is 58.1. The summed E-state index contributed by atoms with van der Waals surface area (Å²) < 4.78 is 5.25. The Balaban J connectivity index is 2.07. The van der Waals surface area contributed by atoms with Gasteiger partial charge in [0.15, 0.2) is 5.96 Å². The van der Waals surface area contributed by atoms with E-state index in [0.717, 1.165) is 6.08 Å². The first-order valence-corrected chi connectivity index (χ1v) is 22.7. The van der Waals surface area contributed by atoms with Crippen molar-refractivity contribution in [3.8, 4) is 11.4 Å². The number of carbonyl (C=O) groups is 8. The second kappa shape index (κ2) is 29.1. The van der Waals surface area contributed by atoms with E-state index in [0.29, 0.717) is 5.56 Å². The van der Waals surface area contributed by atoms with Gasteiger partial charge in [-0.2, -0.15) is 4.98 Å². The zero-order valence-electron chi connectivity index (χ0n) is 39.6. The molecule has 29 heteroatoms. The third kappa shape index (κ3) is 18.6. The summed E-state index contributed by atoms with van der Waals surface area (Å²) in [7, 11) is 0. The molecular weight excluding hydrogens is 935 g/mol. The summed E-state index contributed by atoms with van der Waals surface area (Å²) in [5, 5.41) is 56.1. The molecule has 8 amide bonds. The lowest BCUT2D eigenvalue weighted by molar-refractivity contribution is -0.138. The molecule has 71 heavy (non-hydrogen) atoms. The summed E-state index contributed by atoms with van der Waals surface area (Å²) in [5.74, 6) is -8.62. The number of β-amino-alcohol motifs (C(OH)–C–C–N with tert-alkyl or cyclic N) is 1. The molecule has 0 aromatic carbocycles.